The Bertz CT molecular complexity index is 3.25. The second-order valence-electron chi connectivity index (χ2n) is 0. The fraction of sp³-hybridized carbons (Fsp3) is 0. The van der Waals surface area contributed by atoms with Gasteiger partial charge in [0.05, 0.1) is 0 Å². The first-order valence-electron chi connectivity index (χ1n) is 0.367. The van der Waals surface area contributed by atoms with Crippen LogP contribution in [-0.4, -0.2) is 10.5 Å². The van der Waals surface area contributed by atoms with E-state index in [2.05, 4.69) is 0 Å². The summed E-state index contributed by atoms with van der Waals surface area (Å²) >= 11 is 1.38. The van der Waals surface area contributed by atoms with Gasteiger partial charge < -0.3 is 0 Å². The summed E-state index contributed by atoms with van der Waals surface area (Å²) in [6.07, 6.45) is 0. The average molecular weight is 102 g/mol. The molecule has 0 bridgehead atoms. The van der Waals surface area contributed by atoms with E-state index in [1.807, 2.05) is 0 Å². The second kappa shape index (κ2) is 259. The topological polar surface area (TPSA) is 57.5 Å². The van der Waals surface area contributed by atoms with Gasteiger partial charge >= 0.3 is 20.0 Å². The fourth-order valence-corrected chi connectivity index (χ4v) is 0. The fourth-order valence-electron chi connectivity index (χ4n) is 0. The van der Waals surface area contributed by atoms with Crippen molar-refractivity contribution in [3.05, 3.63) is 0 Å². The Labute approximate surface area is 31.4 Å². The van der Waals surface area contributed by atoms with Crippen molar-refractivity contribution >= 4 is 0 Å². The molecule has 0 aromatic heterocycles. The molecule has 3 nitrogen and oxygen atoms in total. The van der Waals surface area contributed by atoms with E-state index in [0.717, 1.165) is 0 Å². The normalized spacial score (nSPS) is 2.50. The van der Waals surface area contributed by atoms with Crippen LogP contribution in [0.25, 0.3) is 0 Å². The molecule has 0 heterocycles. The molecular formula is H2CrO3. The summed E-state index contributed by atoms with van der Waals surface area (Å²) in [5, 5.41) is 12.0. The molecular weight excluding hydrogens is 100.0 g/mol. The summed E-state index contributed by atoms with van der Waals surface area (Å²) in [6, 6.07) is 0. The molecule has 0 aliphatic carbocycles. The molecule has 0 unspecified atom stereocenters. The number of hydrogen-bond acceptors (Lipinski definition) is 3. The zero-order valence-electron chi connectivity index (χ0n) is 1.71. The third kappa shape index (κ3) is 55.4. The maximum atomic E-state index is 8.12. The molecule has 0 saturated heterocycles. The van der Waals surface area contributed by atoms with Crippen molar-refractivity contribution in [2.75, 3.05) is 0 Å². The van der Waals surface area contributed by atoms with E-state index in [-0.39, 0.29) is 0 Å². The molecule has 0 atom stereocenters. The van der Waals surface area contributed by atoms with E-state index in [1.165, 1.54) is 16.2 Å². The zero-order valence-corrected chi connectivity index (χ0v) is 2.99. The first-order valence-corrected chi connectivity index (χ1v) is 0.887. The number of hydrogen-bond donors (Lipinski definition) is 2. The third-order valence-corrected chi connectivity index (χ3v) is 0. The molecule has 4 heavy (non-hydrogen) atoms. The van der Waals surface area contributed by atoms with E-state index in [9.17, 15) is 0 Å². The van der Waals surface area contributed by atoms with E-state index in [1.54, 1.807) is 0 Å². The van der Waals surface area contributed by atoms with Crippen molar-refractivity contribution in [3.8, 4) is 0 Å². The van der Waals surface area contributed by atoms with Gasteiger partial charge in [-0.1, -0.05) is 0 Å². The number of rotatable bonds is 0. The molecule has 0 aliphatic rings. The van der Waals surface area contributed by atoms with Crippen LogP contribution in [0, 0.1) is 0 Å². The van der Waals surface area contributed by atoms with Crippen LogP contribution in [-0.2, 0) is 20.0 Å². The van der Waals surface area contributed by atoms with E-state index in [0.29, 0.717) is 0 Å². The van der Waals surface area contributed by atoms with Crippen molar-refractivity contribution in [3.63, 3.8) is 0 Å². The molecule has 0 radical (unpaired) electrons. The molecule has 0 rings (SSSR count). The minimum absolute atomic E-state index is 1.38. The predicted octanol–water partition coefficient (Wildman–Crippen LogP) is -0.104. The Hall–Kier alpha value is 0.252. The van der Waals surface area contributed by atoms with Crippen molar-refractivity contribution in [1.29, 1.82) is 0 Å². The van der Waals surface area contributed by atoms with Gasteiger partial charge in [-0.15, -0.1) is 0 Å². The van der Waals surface area contributed by atoms with Crippen molar-refractivity contribution in [2.24, 2.45) is 0 Å². The summed E-state index contributed by atoms with van der Waals surface area (Å²) in [4.78, 5) is 0. The summed E-state index contributed by atoms with van der Waals surface area (Å²) < 4.78 is 8.12. The average Bonchev–Trinajstić information content (AvgIpc) is 1.50. The van der Waals surface area contributed by atoms with Crippen molar-refractivity contribution in [1.82, 2.24) is 0 Å². The molecule has 2 N–H and O–H groups in total. The van der Waals surface area contributed by atoms with Crippen LogP contribution in [0.5, 0.6) is 0 Å². The molecule has 4 heteroatoms. The van der Waals surface area contributed by atoms with Crippen molar-refractivity contribution in [2.45, 2.75) is 0 Å². The molecule has 0 spiro atoms. The SMILES string of the molecule is OO.[O]=[Cr]. The summed E-state index contributed by atoms with van der Waals surface area (Å²) in [7, 11) is 0. The Morgan fingerprint density at radius 3 is 1.25 bits per heavy atom. The van der Waals surface area contributed by atoms with Gasteiger partial charge in [0.1, 0.15) is 0 Å². The predicted molar refractivity (Wildman–Crippen MR) is 5.94 cm³/mol. The van der Waals surface area contributed by atoms with Crippen LogP contribution in [0.1, 0.15) is 0 Å². The van der Waals surface area contributed by atoms with Gasteiger partial charge in [-0.05, 0) is 0 Å². The van der Waals surface area contributed by atoms with Gasteiger partial charge in [-0.25, -0.2) is 0 Å². The molecule has 0 aliphatic heterocycles. The van der Waals surface area contributed by atoms with E-state index < -0.39 is 0 Å². The van der Waals surface area contributed by atoms with Crippen LogP contribution in [0.3, 0.4) is 0 Å². The summed E-state index contributed by atoms with van der Waals surface area (Å²) in [5.41, 5.74) is 0. The molecule has 0 aromatic carbocycles. The van der Waals surface area contributed by atoms with Gasteiger partial charge in [0.2, 0.25) is 0 Å². The molecule has 0 fully saturated rings. The van der Waals surface area contributed by atoms with Crippen molar-refractivity contribution < 1.29 is 30.5 Å². The Morgan fingerprint density at radius 2 is 1.25 bits per heavy atom. The van der Waals surface area contributed by atoms with Gasteiger partial charge in [0.15, 0.2) is 0 Å². The Kier molecular flexibility index (Phi) is 574. The monoisotopic (exact) mass is 102 g/mol. The van der Waals surface area contributed by atoms with Crippen LogP contribution in [0.15, 0.2) is 0 Å². The second-order valence-corrected chi connectivity index (χ2v) is 0. The quantitative estimate of drug-likeness (QED) is 0.331. The van der Waals surface area contributed by atoms with Gasteiger partial charge in [-0.2, -0.15) is 0 Å². The zero-order chi connectivity index (χ0) is 4.00. The molecule has 26 valence electrons. The molecule has 0 amide bonds. The maximum absolute atomic E-state index is 8.12. The van der Waals surface area contributed by atoms with Crippen LogP contribution < -0.4 is 0 Å². The van der Waals surface area contributed by atoms with E-state index >= 15 is 0 Å². The van der Waals surface area contributed by atoms with Gasteiger partial charge in [-0.3, -0.25) is 10.5 Å². The molecule has 0 saturated carbocycles. The Morgan fingerprint density at radius 1 is 1.25 bits per heavy atom. The third-order valence-electron chi connectivity index (χ3n) is 0. The Balaban J connectivity index is 0. The first-order chi connectivity index (χ1) is 2.00. The van der Waals surface area contributed by atoms with Crippen LogP contribution in [0.4, 0.5) is 0 Å². The minimum atomic E-state index is 1.38. The van der Waals surface area contributed by atoms with E-state index in [4.69, 9.17) is 14.3 Å². The van der Waals surface area contributed by atoms with Gasteiger partial charge in [0.25, 0.3) is 0 Å². The van der Waals surface area contributed by atoms with Gasteiger partial charge in [0, 0.05) is 0 Å². The summed E-state index contributed by atoms with van der Waals surface area (Å²) in [5.74, 6) is 0. The van der Waals surface area contributed by atoms with Crippen LogP contribution >= 0.6 is 0 Å². The van der Waals surface area contributed by atoms with Crippen LogP contribution in [0.2, 0.25) is 0 Å². The first kappa shape index (κ1) is 8.87. The summed E-state index contributed by atoms with van der Waals surface area (Å²) in [6.45, 7) is 0. The molecule has 0 aromatic rings. The standard InChI is InChI=1S/Cr.H2O2.O/c;1-2;/h;1-2H;.